The van der Waals surface area contributed by atoms with Crippen molar-refractivity contribution in [3.05, 3.63) is 70.5 Å². The number of anilines is 1. The van der Waals surface area contributed by atoms with Crippen LogP contribution in [0.15, 0.2) is 52.2 Å². The van der Waals surface area contributed by atoms with Crippen molar-refractivity contribution in [3.8, 4) is 0 Å². The first-order chi connectivity index (χ1) is 13.6. The lowest BCUT2D eigenvalue weighted by Gasteiger charge is -2.00. The van der Waals surface area contributed by atoms with Gasteiger partial charge in [-0.15, -0.1) is 11.3 Å². The van der Waals surface area contributed by atoms with Crippen LogP contribution >= 0.6 is 34.4 Å². The van der Waals surface area contributed by atoms with E-state index < -0.39 is 0 Å². The normalized spacial score (nSPS) is 11.1. The monoisotopic (exact) mass is 429 g/mol. The summed E-state index contributed by atoms with van der Waals surface area (Å²) in [6.45, 7) is 2.03. The predicted octanol–water partition coefficient (Wildman–Crippen LogP) is 5.67. The Bertz CT molecular complexity index is 1140. The molecule has 28 heavy (non-hydrogen) atoms. The van der Waals surface area contributed by atoms with Crippen molar-refractivity contribution in [1.29, 1.82) is 0 Å². The summed E-state index contributed by atoms with van der Waals surface area (Å²) in [5.41, 5.74) is 3.40. The van der Waals surface area contributed by atoms with Crippen molar-refractivity contribution in [1.82, 2.24) is 9.97 Å². The van der Waals surface area contributed by atoms with Gasteiger partial charge in [0.05, 0.1) is 22.3 Å². The molecule has 0 saturated heterocycles. The number of hydrogen-bond acceptors (Lipinski definition) is 6. The lowest BCUT2D eigenvalue weighted by Crippen LogP contribution is -2.14. The molecular formula is C20H16FN3OS3. The van der Waals surface area contributed by atoms with Crippen LogP contribution in [0, 0.1) is 12.7 Å². The molecule has 0 radical (unpaired) electrons. The molecule has 0 atom stereocenters. The SMILES string of the molecule is Cc1ccc2nc(NC(=O)Cc3csc(SCc4ccccc4F)n3)sc2c1. The highest BCUT2D eigenvalue weighted by atomic mass is 32.2. The third kappa shape index (κ3) is 4.57. The standard InChI is InChI=1S/C20H16FN3OS3/c1-12-6-7-16-17(8-12)28-19(23-16)24-18(25)9-14-11-27-20(22-14)26-10-13-4-2-3-5-15(13)21/h2-8,11H,9-10H2,1H3,(H,23,24,25). The molecule has 2 heterocycles. The number of rotatable bonds is 6. The first-order valence-electron chi connectivity index (χ1n) is 8.54. The molecule has 0 spiro atoms. The average Bonchev–Trinajstić information content (AvgIpc) is 3.26. The second-order valence-corrected chi connectivity index (χ2v) is 9.31. The summed E-state index contributed by atoms with van der Waals surface area (Å²) in [4.78, 5) is 21.2. The molecule has 0 unspecified atom stereocenters. The second-order valence-electron chi connectivity index (χ2n) is 6.20. The molecule has 4 aromatic rings. The smallest absolute Gasteiger partial charge is 0.232 e. The minimum atomic E-state index is -0.211. The van der Waals surface area contributed by atoms with E-state index in [2.05, 4.69) is 21.4 Å². The minimum absolute atomic E-state index is 0.147. The average molecular weight is 430 g/mol. The van der Waals surface area contributed by atoms with Gasteiger partial charge in [-0.2, -0.15) is 0 Å². The highest BCUT2D eigenvalue weighted by Gasteiger charge is 2.12. The zero-order valence-corrected chi connectivity index (χ0v) is 17.4. The number of carbonyl (C=O) groups is 1. The van der Waals surface area contributed by atoms with E-state index >= 15 is 0 Å². The highest BCUT2D eigenvalue weighted by molar-refractivity contribution is 8.00. The Morgan fingerprint density at radius 2 is 2.07 bits per heavy atom. The van der Waals surface area contributed by atoms with E-state index in [1.807, 2.05) is 30.5 Å². The lowest BCUT2D eigenvalue weighted by molar-refractivity contribution is -0.115. The molecule has 1 N–H and O–H groups in total. The maximum Gasteiger partial charge on any atom is 0.232 e. The quantitative estimate of drug-likeness (QED) is 0.401. The highest BCUT2D eigenvalue weighted by Crippen LogP contribution is 2.28. The maximum absolute atomic E-state index is 13.7. The Morgan fingerprint density at radius 3 is 2.93 bits per heavy atom. The molecule has 0 saturated carbocycles. The van der Waals surface area contributed by atoms with Crippen LogP contribution < -0.4 is 5.32 Å². The fraction of sp³-hybridized carbons (Fsp3) is 0.150. The van der Waals surface area contributed by atoms with Crippen molar-refractivity contribution in [2.24, 2.45) is 0 Å². The third-order valence-corrected chi connectivity index (χ3v) is 7.02. The second kappa shape index (κ2) is 8.38. The number of fused-ring (bicyclic) bond motifs is 1. The summed E-state index contributed by atoms with van der Waals surface area (Å²) >= 11 is 4.40. The molecular weight excluding hydrogens is 413 g/mol. The Morgan fingerprint density at radius 1 is 1.21 bits per heavy atom. The Labute approximate surface area is 173 Å². The molecule has 0 fully saturated rings. The number of hydrogen-bond donors (Lipinski definition) is 1. The number of aromatic nitrogens is 2. The summed E-state index contributed by atoms with van der Waals surface area (Å²) in [6, 6.07) is 12.7. The van der Waals surface area contributed by atoms with Crippen LogP contribution in [0.25, 0.3) is 10.2 Å². The van der Waals surface area contributed by atoms with Crippen molar-refractivity contribution < 1.29 is 9.18 Å². The molecule has 8 heteroatoms. The van der Waals surface area contributed by atoms with Gasteiger partial charge in [-0.25, -0.2) is 14.4 Å². The molecule has 2 aromatic carbocycles. The maximum atomic E-state index is 13.7. The van der Waals surface area contributed by atoms with Gasteiger partial charge in [-0.05, 0) is 36.2 Å². The van der Waals surface area contributed by atoms with Crippen LogP contribution in [-0.4, -0.2) is 15.9 Å². The van der Waals surface area contributed by atoms with Gasteiger partial charge in [-0.3, -0.25) is 4.79 Å². The van der Waals surface area contributed by atoms with Gasteiger partial charge in [0.1, 0.15) is 10.2 Å². The van der Waals surface area contributed by atoms with E-state index in [0.29, 0.717) is 22.1 Å². The fourth-order valence-electron chi connectivity index (χ4n) is 2.60. The zero-order valence-electron chi connectivity index (χ0n) is 14.9. The van der Waals surface area contributed by atoms with Gasteiger partial charge < -0.3 is 5.32 Å². The van der Waals surface area contributed by atoms with Crippen LogP contribution in [0.2, 0.25) is 0 Å². The van der Waals surface area contributed by atoms with E-state index in [1.54, 1.807) is 12.1 Å². The first-order valence-corrected chi connectivity index (χ1v) is 11.2. The van der Waals surface area contributed by atoms with E-state index in [9.17, 15) is 9.18 Å². The summed E-state index contributed by atoms with van der Waals surface area (Å²) in [5, 5.41) is 5.31. The topological polar surface area (TPSA) is 54.9 Å². The van der Waals surface area contributed by atoms with Gasteiger partial charge >= 0.3 is 0 Å². The zero-order chi connectivity index (χ0) is 19.5. The number of halogens is 1. The largest absolute Gasteiger partial charge is 0.302 e. The molecule has 0 bridgehead atoms. The van der Waals surface area contributed by atoms with Crippen LogP contribution in [0.1, 0.15) is 16.8 Å². The van der Waals surface area contributed by atoms with Gasteiger partial charge in [-0.1, -0.05) is 47.4 Å². The van der Waals surface area contributed by atoms with Crippen LogP contribution in [0.3, 0.4) is 0 Å². The van der Waals surface area contributed by atoms with E-state index in [4.69, 9.17) is 0 Å². The number of thioether (sulfide) groups is 1. The molecule has 4 rings (SSSR count). The van der Waals surface area contributed by atoms with Gasteiger partial charge in [0.2, 0.25) is 5.91 Å². The van der Waals surface area contributed by atoms with Gasteiger partial charge in [0.15, 0.2) is 5.13 Å². The van der Waals surface area contributed by atoms with E-state index in [-0.39, 0.29) is 18.1 Å². The van der Waals surface area contributed by atoms with E-state index in [0.717, 1.165) is 20.1 Å². The number of amides is 1. The molecule has 4 nitrogen and oxygen atoms in total. The van der Waals surface area contributed by atoms with Crippen LogP contribution in [-0.2, 0) is 17.0 Å². The third-order valence-electron chi connectivity index (χ3n) is 3.97. The number of nitrogens with one attached hydrogen (secondary N) is 1. The van der Waals surface area contributed by atoms with Crippen molar-refractivity contribution in [3.63, 3.8) is 0 Å². The number of benzene rings is 2. The molecule has 2 aromatic heterocycles. The first kappa shape index (κ1) is 19.0. The Kier molecular flexibility index (Phi) is 5.70. The summed E-state index contributed by atoms with van der Waals surface area (Å²) in [6.07, 6.45) is 0.186. The van der Waals surface area contributed by atoms with Crippen LogP contribution in [0.4, 0.5) is 9.52 Å². The number of aryl methyl sites for hydroxylation is 1. The van der Waals surface area contributed by atoms with Crippen molar-refractivity contribution >= 4 is 55.7 Å². The fourth-order valence-corrected chi connectivity index (χ4v) is 5.42. The molecule has 0 aliphatic rings. The summed E-state index contributed by atoms with van der Waals surface area (Å²) < 4.78 is 15.6. The van der Waals surface area contributed by atoms with Crippen LogP contribution in [0.5, 0.6) is 0 Å². The number of thiazole rings is 2. The number of carbonyl (C=O) groups excluding carboxylic acids is 1. The number of nitrogens with zero attached hydrogens (tertiary/aromatic N) is 2. The Balaban J connectivity index is 1.35. The van der Waals surface area contributed by atoms with E-state index in [1.165, 1.54) is 40.5 Å². The summed E-state index contributed by atoms with van der Waals surface area (Å²) in [5.74, 6) is 0.153. The molecule has 0 aliphatic carbocycles. The van der Waals surface area contributed by atoms with Crippen molar-refractivity contribution in [2.75, 3.05) is 5.32 Å². The minimum Gasteiger partial charge on any atom is -0.302 e. The molecule has 1 amide bonds. The lowest BCUT2D eigenvalue weighted by atomic mass is 10.2. The predicted molar refractivity (Wildman–Crippen MR) is 115 cm³/mol. The van der Waals surface area contributed by atoms with Gasteiger partial charge in [0.25, 0.3) is 0 Å². The molecule has 142 valence electrons. The van der Waals surface area contributed by atoms with Crippen molar-refractivity contribution in [2.45, 2.75) is 23.4 Å². The Hall–Kier alpha value is -2.29. The summed E-state index contributed by atoms with van der Waals surface area (Å²) in [7, 11) is 0. The van der Waals surface area contributed by atoms with Gasteiger partial charge in [0, 0.05) is 11.1 Å². The molecule has 0 aliphatic heterocycles.